The van der Waals surface area contributed by atoms with E-state index in [1.807, 2.05) is 18.2 Å². The van der Waals surface area contributed by atoms with Crippen LogP contribution in [0.3, 0.4) is 0 Å². The summed E-state index contributed by atoms with van der Waals surface area (Å²) in [5, 5.41) is 21.7. The zero-order chi connectivity index (χ0) is 18.5. The Kier molecular flexibility index (Phi) is 4.94. The Morgan fingerprint density at radius 2 is 1.69 bits per heavy atom. The van der Waals surface area contributed by atoms with Crippen molar-refractivity contribution in [2.75, 3.05) is 0 Å². The summed E-state index contributed by atoms with van der Waals surface area (Å²) in [5.74, 6) is -1.88. The second kappa shape index (κ2) is 7.48. The van der Waals surface area contributed by atoms with E-state index >= 15 is 0 Å². The Morgan fingerprint density at radius 3 is 2.42 bits per heavy atom. The van der Waals surface area contributed by atoms with Crippen LogP contribution >= 0.6 is 0 Å². The first-order valence-corrected chi connectivity index (χ1v) is 7.89. The smallest absolute Gasteiger partial charge is 0.339 e. The SMILES string of the molecule is O=C(NCc1cccc(C(=O)O)c1O)c1cccc(-c2ccncc2)c1. The second-order valence-corrected chi connectivity index (χ2v) is 5.62. The molecule has 0 spiro atoms. The Labute approximate surface area is 149 Å². The fourth-order valence-corrected chi connectivity index (χ4v) is 2.57. The van der Waals surface area contributed by atoms with Crippen LogP contribution in [0.5, 0.6) is 5.75 Å². The summed E-state index contributed by atoms with van der Waals surface area (Å²) in [7, 11) is 0. The number of nitrogens with zero attached hydrogens (tertiary/aromatic N) is 1. The highest BCUT2D eigenvalue weighted by molar-refractivity contribution is 5.95. The third-order valence-corrected chi connectivity index (χ3v) is 3.93. The third kappa shape index (κ3) is 3.70. The number of carbonyl (C=O) groups excluding carboxylic acids is 1. The molecule has 0 aliphatic rings. The van der Waals surface area contributed by atoms with Crippen LogP contribution in [0.2, 0.25) is 0 Å². The van der Waals surface area contributed by atoms with Crippen LogP contribution < -0.4 is 5.32 Å². The number of hydrogen-bond donors (Lipinski definition) is 3. The van der Waals surface area contributed by atoms with Gasteiger partial charge in [0, 0.05) is 30.1 Å². The summed E-state index contributed by atoms with van der Waals surface area (Å²) in [6.45, 7) is 0.0191. The molecule has 0 aliphatic carbocycles. The molecule has 0 unspecified atom stereocenters. The largest absolute Gasteiger partial charge is 0.507 e. The summed E-state index contributed by atoms with van der Waals surface area (Å²) < 4.78 is 0. The molecular formula is C20H16N2O4. The number of para-hydroxylation sites is 1. The molecule has 0 aliphatic heterocycles. The minimum atomic E-state index is -1.22. The first kappa shape index (κ1) is 17.2. The van der Waals surface area contributed by atoms with Crippen molar-refractivity contribution in [2.24, 2.45) is 0 Å². The van der Waals surface area contributed by atoms with Gasteiger partial charge in [-0.3, -0.25) is 9.78 Å². The minimum absolute atomic E-state index is 0.0191. The molecule has 26 heavy (non-hydrogen) atoms. The van der Waals surface area contributed by atoms with E-state index in [0.29, 0.717) is 11.1 Å². The Bertz CT molecular complexity index is 955. The summed E-state index contributed by atoms with van der Waals surface area (Å²) in [5.41, 5.74) is 2.44. The van der Waals surface area contributed by atoms with Crippen LogP contribution in [0.25, 0.3) is 11.1 Å². The van der Waals surface area contributed by atoms with E-state index in [-0.39, 0.29) is 23.8 Å². The molecule has 3 rings (SSSR count). The van der Waals surface area contributed by atoms with Gasteiger partial charge in [0.2, 0.25) is 0 Å². The van der Waals surface area contributed by atoms with Crippen LogP contribution in [-0.2, 0) is 6.54 Å². The maximum Gasteiger partial charge on any atom is 0.339 e. The monoisotopic (exact) mass is 348 g/mol. The maximum atomic E-state index is 12.4. The van der Waals surface area contributed by atoms with E-state index in [1.54, 1.807) is 36.7 Å². The van der Waals surface area contributed by atoms with E-state index in [0.717, 1.165) is 11.1 Å². The molecule has 0 saturated carbocycles. The van der Waals surface area contributed by atoms with Crippen molar-refractivity contribution in [3.63, 3.8) is 0 Å². The number of amides is 1. The topological polar surface area (TPSA) is 99.5 Å². The number of pyridine rings is 1. The van der Waals surface area contributed by atoms with Crippen molar-refractivity contribution in [2.45, 2.75) is 6.54 Å². The van der Waals surface area contributed by atoms with Gasteiger partial charge >= 0.3 is 5.97 Å². The number of hydrogen-bond acceptors (Lipinski definition) is 4. The number of nitrogens with one attached hydrogen (secondary N) is 1. The molecule has 0 atom stereocenters. The van der Waals surface area contributed by atoms with Crippen molar-refractivity contribution in [1.29, 1.82) is 0 Å². The molecule has 130 valence electrons. The molecular weight excluding hydrogens is 332 g/mol. The van der Waals surface area contributed by atoms with Crippen LogP contribution in [-0.4, -0.2) is 27.1 Å². The number of carboxylic acids is 1. The van der Waals surface area contributed by atoms with E-state index in [4.69, 9.17) is 5.11 Å². The molecule has 3 aromatic rings. The van der Waals surface area contributed by atoms with Crippen molar-refractivity contribution < 1.29 is 19.8 Å². The average molecular weight is 348 g/mol. The number of aromatic carboxylic acids is 1. The standard InChI is InChI=1S/C20H16N2O4/c23-18-16(5-2-6-17(18)20(25)26)12-22-19(24)15-4-1-3-14(11-15)13-7-9-21-10-8-13/h1-11,23H,12H2,(H,22,24)(H,25,26). The van der Waals surface area contributed by atoms with Gasteiger partial charge in [-0.1, -0.05) is 24.3 Å². The highest BCUT2D eigenvalue weighted by atomic mass is 16.4. The highest BCUT2D eigenvalue weighted by Crippen LogP contribution is 2.23. The van der Waals surface area contributed by atoms with E-state index in [9.17, 15) is 14.7 Å². The molecule has 6 heteroatoms. The van der Waals surface area contributed by atoms with Crippen molar-refractivity contribution in [1.82, 2.24) is 10.3 Å². The number of carbonyl (C=O) groups is 2. The molecule has 0 saturated heterocycles. The van der Waals surface area contributed by atoms with Crippen molar-refractivity contribution >= 4 is 11.9 Å². The Balaban J connectivity index is 1.76. The van der Waals surface area contributed by atoms with Gasteiger partial charge in [0.1, 0.15) is 11.3 Å². The van der Waals surface area contributed by atoms with E-state index in [2.05, 4.69) is 10.3 Å². The number of carboxylic acid groups (broad SMARTS) is 1. The van der Waals surface area contributed by atoms with E-state index in [1.165, 1.54) is 12.1 Å². The Morgan fingerprint density at radius 1 is 0.962 bits per heavy atom. The molecule has 0 radical (unpaired) electrons. The van der Waals surface area contributed by atoms with Gasteiger partial charge in [-0.15, -0.1) is 0 Å². The van der Waals surface area contributed by atoms with Crippen molar-refractivity contribution in [3.05, 3.63) is 83.7 Å². The third-order valence-electron chi connectivity index (χ3n) is 3.93. The highest BCUT2D eigenvalue weighted by Gasteiger charge is 2.14. The molecule has 0 fully saturated rings. The maximum absolute atomic E-state index is 12.4. The number of aromatic hydroxyl groups is 1. The van der Waals surface area contributed by atoms with Crippen LogP contribution in [0.4, 0.5) is 0 Å². The molecule has 0 bridgehead atoms. The summed E-state index contributed by atoms with van der Waals surface area (Å²) in [6.07, 6.45) is 3.36. The van der Waals surface area contributed by atoms with Gasteiger partial charge in [-0.25, -0.2) is 4.79 Å². The molecule has 1 amide bonds. The first-order chi connectivity index (χ1) is 12.6. The summed E-state index contributed by atoms with van der Waals surface area (Å²) >= 11 is 0. The lowest BCUT2D eigenvalue weighted by atomic mass is 10.0. The fraction of sp³-hybridized carbons (Fsp3) is 0.0500. The molecule has 1 aromatic heterocycles. The van der Waals surface area contributed by atoms with E-state index < -0.39 is 5.97 Å². The number of rotatable bonds is 5. The minimum Gasteiger partial charge on any atom is -0.507 e. The van der Waals surface area contributed by atoms with Gasteiger partial charge in [-0.05, 0) is 41.5 Å². The van der Waals surface area contributed by atoms with Gasteiger partial charge in [0.25, 0.3) is 5.91 Å². The van der Waals surface area contributed by atoms with Crippen LogP contribution in [0, 0.1) is 0 Å². The van der Waals surface area contributed by atoms with Gasteiger partial charge in [-0.2, -0.15) is 0 Å². The summed E-state index contributed by atoms with van der Waals surface area (Å²) in [4.78, 5) is 27.4. The van der Waals surface area contributed by atoms with Gasteiger partial charge < -0.3 is 15.5 Å². The fourth-order valence-electron chi connectivity index (χ4n) is 2.57. The van der Waals surface area contributed by atoms with Crippen LogP contribution in [0.1, 0.15) is 26.3 Å². The van der Waals surface area contributed by atoms with Gasteiger partial charge in [0.05, 0.1) is 0 Å². The summed E-state index contributed by atoms with van der Waals surface area (Å²) in [6, 6.07) is 15.2. The van der Waals surface area contributed by atoms with Crippen molar-refractivity contribution in [3.8, 4) is 16.9 Å². The lowest BCUT2D eigenvalue weighted by molar-refractivity contribution is 0.0693. The zero-order valence-electron chi connectivity index (χ0n) is 13.7. The Hall–Kier alpha value is -3.67. The lowest BCUT2D eigenvalue weighted by Gasteiger charge is -2.10. The second-order valence-electron chi connectivity index (χ2n) is 5.62. The predicted molar refractivity (Wildman–Crippen MR) is 95.9 cm³/mol. The number of benzene rings is 2. The number of aromatic nitrogens is 1. The molecule has 6 nitrogen and oxygen atoms in total. The lowest BCUT2D eigenvalue weighted by Crippen LogP contribution is -2.23. The van der Waals surface area contributed by atoms with Crippen LogP contribution in [0.15, 0.2) is 67.0 Å². The average Bonchev–Trinajstić information content (AvgIpc) is 2.67. The normalized spacial score (nSPS) is 10.3. The zero-order valence-corrected chi connectivity index (χ0v) is 13.7. The predicted octanol–water partition coefficient (Wildman–Crippen LogP) is 3.08. The molecule has 2 aromatic carbocycles. The molecule has 3 N–H and O–H groups in total. The van der Waals surface area contributed by atoms with Gasteiger partial charge in [0.15, 0.2) is 0 Å². The quantitative estimate of drug-likeness (QED) is 0.658. The molecule has 1 heterocycles. The first-order valence-electron chi connectivity index (χ1n) is 7.89. The number of phenols is 1.